The zero-order valence-corrected chi connectivity index (χ0v) is 18.6. The molecule has 1 aliphatic rings. The molecule has 0 unspecified atom stereocenters. The summed E-state index contributed by atoms with van der Waals surface area (Å²) in [6, 6.07) is 17.2. The van der Waals surface area contributed by atoms with Gasteiger partial charge < -0.3 is 5.32 Å². The maximum absolute atomic E-state index is 13.3. The molecule has 0 spiro atoms. The number of aromatic nitrogens is 2. The second kappa shape index (κ2) is 11.0. The van der Waals surface area contributed by atoms with Gasteiger partial charge in [-0.05, 0) is 61.2 Å². The van der Waals surface area contributed by atoms with E-state index in [2.05, 4.69) is 56.4 Å². The van der Waals surface area contributed by atoms with Crippen LogP contribution in [0.15, 0.2) is 65.8 Å². The predicted molar refractivity (Wildman–Crippen MR) is 129 cm³/mol. The molecule has 0 atom stereocenters. The average Bonchev–Trinajstić information content (AvgIpc) is 3.32. The Hall–Kier alpha value is -3.12. The fourth-order valence-corrected chi connectivity index (χ4v) is 3.97. The van der Waals surface area contributed by atoms with Crippen LogP contribution in [0, 0.1) is 5.82 Å². The summed E-state index contributed by atoms with van der Waals surface area (Å²) in [7, 11) is 0. The van der Waals surface area contributed by atoms with Crippen molar-refractivity contribution in [3.05, 3.63) is 77.7 Å². The predicted octanol–water partition coefficient (Wildman–Crippen LogP) is 4.99. The average molecular weight is 432 g/mol. The molecule has 0 amide bonds. The first-order valence-electron chi connectivity index (χ1n) is 11.3. The molecule has 1 aromatic heterocycles. The molecule has 166 valence electrons. The van der Waals surface area contributed by atoms with Gasteiger partial charge in [0.25, 0.3) is 0 Å². The lowest BCUT2D eigenvalue weighted by Gasteiger charge is -2.20. The number of anilines is 1. The molecule has 0 saturated carbocycles. The van der Waals surface area contributed by atoms with Gasteiger partial charge in [0.15, 0.2) is 0 Å². The highest BCUT2D eigenvalue weighted by molar-refractivity contribution is 5.87. The molecule has 2 heterocycles. The summed E-state index contributed by atoms with van der Waals surface area (Å²) in [6.07, 6.45) is 4.80. The molecule has 5 nitrogen and oxygen atoms in total. The quantitative estimate of drug-likeness (QED) is 0.491. The van der Waals surface area contributed by atoms with Crippen LogP contribution < -0.4 is 5.32 Å². The lowest BCUT2D eigenvalue weighted by molar-refractivity contribution is 0.319. The summed E-state index contributed by atoms with van der Waals surface area (Å²) >= 11 is 0. The van der Waals surface area contributed by atoms with Crippen molar-refractivity contribution in [2.45, 2.75) is 32.7 Å². The van der Waals surface area contributed by atoms with E-state index in [1.54, 1.807) is 18.3 Å². The van der Waals surface area contributed by atoms with E-state index in [1.807, 2.05) is 12.1 Å². The lowest BCUT2D eigenvalue weighted by Crippen LogP contribution is -2.28. The van der Waals surface area contributed by atoms with Crippen molar-refractivity contribution >= 4 is 11.7 Å². The van der Waals surface area contributed by atoms with Gasteiger partial charge in [-0.2, -0.15) is 0 Å². The number of hydrogen-bond donors (Lipinski definition) is 1. The maximum atomic E-state index is 13.3. The minimum atomic E-state index is -0.210. The molecule has 1 N–H and O–H groups in total. The first-order valence-corrected chi connectivity index (χ1v) is 11.3. The Morgan fingerprint density at radius 3 is 2.72 bits per heavy atom. The molecular formula is C26H30FN5. The van der Waals surface area contributed by atoms with Crippen molar-refractivity contribution in [1.82, 2.24) is 14.9 Å². The number of halogens is 1. The third kappa shape index (κ3) is 6.20. The summed E-state index contributed by atoms with van der Waals surface area (Å²) in [5.74, 6) is 0.372. The van der Waals surface area contributed by atoms with E-state index in [0.29, 0.717) is 18.9 Å². The van der Waals surface area contributed by atoms with Gasteiger partial charge in [-0.1, -0.05) is 37.3 Å². The number of hydrogen-bond acceptors (Lipinski definition) is 5. The molecule has 0 fully saturated rings. The first kappa shape index (κ1) is 22.1. The Morgan fingerprint density at radius 2 is 1.91 bits per heavy atom. The second-order valence-corrected chi connectivity index (χ2v) is 8.13. The smallest absolute Gasteiger partial charge is 0.223 e. The van der Waals surface area contributed by atoms with Crippen LogP contribution in [-0.4, -0.2) is 46.8 Å². The van der Waals surface area contributed by atoms with Crippen LogP contribution in [0.2, 0.25) is 0 Å². The molecular weight excluding hydrogens is 401 g/mol. The van der Waals surface area contributed by atoms with Gasteiger partial charge in [0.2, 0.25) is 5.95 Å². The van der Waals surface area contributed by atoms with E-state index in [4.69, 9.17) is 0 Å². The molecule has 0 radical (unpaired) electrons. The van der Waals surface area contributed by atoms with Crippen molar-refractivity contribution in [1.29, 1.82) is 0 Å². The van der Waals surface area contributed by atoms with Gasteiger partial charge in [0, 0.05) is 43.7 Å². The van der Waals surface area contributed by atoms with E-state index in [9.17, 15) is 4.39 Å². The van der Waals surface area contributed by atoms with Crippen LogP contribution in [0.3, 0.4) is 0 Å². The van der Waals surface area contributed by atoms with E-state index in [0.717, 1.165) is 49.4 Å². The maximum Gasteiger partial charge on any atom is 0.223 e. The highest BCUT2D eigenvalue weighted by Crippen LogP contribution is 2.20. The molecule has 2 aromatic carbocycles. The Morgan fingerprint density at radius 1 is 1.03 bits per heavy atom. The third-order valence-corrected chi connectivity index (χ3v) is 5.68. The van der Waals surface area contributed by atoms with Crippen molar-refractivity contribution in [3.8, 4) is 11.3 Å². The summed E-state index contributed by atoms with van der Waals surface area (Å²) in [4.78, 5) is 16.1. The van der Waals surface area contributed by atoms with Gasteiger partial charge in [-0.15, -0.1) is 0 Å². The van der Waals surface area contributed by atoms with Crippen LogP contribution in [0.25, 0.3) is 11.3 Å². The molecule has 6 heteroatoms. The highest BCUT2D eigenvalue weighted by atomic mass is 19.1. The number of nitrogens with zero attached hydrogens (tertiary/aromatic N) is 4. The van der Waals surface area contributed by atoms with Crippen molar-refractivity contribution in [2.24, 2.45) is 4.99 Å². The van der Waals surface area contributed by atoms with Crippen LogP contribution in [-0.2, 0) is 13.0 Å². The van der Waals surface area contributed by atoms with Gasteiger partial charge >= 0.3 is 0 Å². The second-order valence-electron chi connectivity index (χ2n) is 8.13. The van der Waals surface area contributed by atoms with Gasteiger partial charge in [0.05, 0.1) is 5.69 Å². The lowest BCUT2D eigenvalue weighted by atomic mass is 10.1. The summed E-state index contributed by atoms with van der Waals surface area (Å²) < 4.78 is 13.3. The molecule has 3 aromatic rings. The topological polar surface area (TPSA) is 53.4 Å². The van der Waals surface area contributed by atoms with Crippen LogP contribution >= 0.6 is 0 Å². The Kier molecular flexibility index (Phi) is 7.56. The molecule has 32 heavy (non-hydrogen) atoms. The molecule has 0 bridgehead atoms. The molecule has 4 rings (SSSR count). The van der Waals surface area contributed by atoms with Crippen LogP contribution in [0.5, 0.6) is 0 Å². The zero-order valence-electron chi connectivity index (χ0n) is 18.6. The largest absolute Gasteiger partial charge is 0.354 e. The minimum absolute atomic E-state index is 0.210. The monoisotopic (exact) mass is 431 g/mol. The normalized spacial score (nSPS) is 13.4. The Balaban J connectivity index is 1.39. The van der Waals surface area contributed by atoms with Crippen LogP contribution in [0.4, 0.5) is 10.3 Å². The summed E-state index contributed by atoms with van der Waals surface area (Å²) in [5, 5.41) is 3.25. The third-order valence-electron chi connectivity index (χ3n) is 5.68. The number of rotatable bonds is 10. The van der Waals surface area contributed by atoms with Gasteiger partial charge in [-0.3, -0.25) is 9.89 Å². The van der Waals surface area contributed by atoms with Crippen molar-refractivity contribution in [2.75, 3.05) is 31.5 Å². The Labute approximate surface area is 189 Å². The van der Waals surface area contributed by atoms with Crippen molar-refractivity contribution < 1.29 is 4.39 Å². The van der Waals surface area contributed by atoms with Crippen molar-refractivity contribution in [3.63, 3.8) is 0 Å². The standard InChI is InChI=1S/C26H30FN5/c1-2-32(19-24-10-5-13-28-24)18-21-7-3-8-22(16-21)25-12-15-30-26(31-25)29-14-11-20-6-4-9-23(27)17-20/h3-4,6-9,12,15-17H,2,5,10-11,13-14,18-19H2,1H3,(H,29,30,31). The number of benzene rings is 2. The SMILES string of the molecule is CCN(CC1=NCCC1)Cc1cccc(-c2ccnc(NCCc3cccc(F)c3)n2)c1. The number of nitrogens with one attached hydrogen (secondary N) is 1. The fraction of sp³-hybridized carbons (Fsp3) is 0.346. The van der Waals surface area contributed by atoms with E-state index in [1.165, 1.54) is 23.8 Å². The minimum Gasteiger partial charge on any atom is -0.354 e. The zero-order chi connectivity index (χ0) is 22.2. The number of aliphatic imine (C=N–C) groups is 1. The van der Waals surface area contributed by atoms with Gasteiger partial charge in [-0.25, -0.2) is 14.4 Å². The molecule has 1 aliphatic heterocycles. The molecule has 0 saturated heterocycles. The summed E-state index contributed by atoms with van der Waals surface area (Å²) in [6.45, 7) is 6.67. The Bertz CT molecular complexity index is 1070. The molecule has 0 aliphatic carbocycles. The van der Waals surface area contributed by atoms with E-state index >= 15 is 0 Å². The highest BCUT2D eigenvalue weighted by Gasteiger charge is 2.12. The first-order chi connectivity index (χ1) is 15.7. The van der Waals surface area contributed by atoms with E-state index in [-0.39, 0.29) is 5.82 Å². The summed E-state index contributed by atoms with van der Waals surface area (Å²) in [5.41, 5.74) is 5.51. The van der Waals surface area contributed by atoms with Crippen LogP contribution in [0.1, 0.15) is 30.9 Å². The van der Waals surface area contributed by atoms with Gasteiger partial charge in [0.1, 0.15) is 5.82 Å². The van der Waals surface area contributed by atoms with E-state index < -0.39 is 0 Å². The fourth-order valence-electron chi connectivity index (χ4n) is 3.97.